The summed E-state index contributed by atoms with van der Waals surface area (Å²) in [5.74, 6) is -0.858. The van der Waals surface area contributed by atoms with Crippen molar-refractivity contribution in [1.29, 1.82) is 0 Å². The van der Waals surface area contributed by atoms with Crippen LogP contribution in [0.5, 0.6) is 0 Å². The predicted molar refractivity (Wildman–Crippen MR) is 81.1 cm³/mol. The average molecular weight is 342 g/mol. The van der Waals surface area contributed by atoms with E-state index in [-0.39, 0.29) is 15.6 Å². The third-order valence-corrected chi connectivity index (χ3v) is 4.65. The Bertz CT molecular complexity index is 1030. The standard InChI is InChI=1S/C13H9ClFN3O3S/c14-8-2-1-3-10(12(8)15)18-22(20,21)7-4-5-9-11(6-7)17-13(19)16-9/h1-6,18H,(H2,16,17,19). The fraction of sp³-hybridized carbons (Fsp3) is 0. The second-order valence-electron chi connectivity index (χ2n) is 4.49. The topological polar surface area (TPSA) is 94.8 Å². The zero-order valence-electron chi connectivity index (χ0n) is 10.9. The summed E-state index contributed by atoms with van der Waals surface area (Å²) < 4.78 is 40.5. The lowest BCUT2D eigenvalue weighted by atomic mass is 10.3. The number of anilines is 1. The van der Waals surface area contributed by atoms with Crippen LogP contribution in [0.3, 0.4) is 0 Å². The number of imidazole rings is 1. The van der Waals surface area contributed by atoms with Gasteiger partial charge in [-0.25, -0.2) is 17.6 Å². The van der Waals surface area contributed by atoms with Crippen molar-refractivity contribution in [2.75, 3.05) is 4.72 Å². The molecular formula is C13H9ClFN3O3S. The third kappa shape index (κ3) is 2.58. The summed E-state index contributed by atoms with van der Waals surface area (Å²) in [6, 6.07) is 8.02. The summed E-state index contributed by atoms with van der Waals surface area (Å²) in [5, 5.41) is -0.189. The van der Waals surface area contributed by atoms with Gasteiger partial charge in [-0.1, -0.05) is 17.7 Å². The van der Waals surface area contributed by atoms with Gasteiger partial charge in [0.05, 0.1) is 26.6 Å². The molecule has 0 atom stereocenters. The average Bonchev–Trinajstić information content (AvgIpc) is 2.82. The Morgan fingerprint density at radius 3 is 2.59 bits per heavy atom. The van der Waals surface area contributed by atoms with Crippen LogP contribution in [0, 0.1) is 5.82 Å². The molecule has 22 heavy (non-hydrogen) atoms. The summed E-state index contributed by atoms with van der Waals surface area (Å²) in [7, 11) is -4.02. The lowest BCUT2D eigenvalue weighted by molar-refractivity contribution is 0.598. The summed E-state index contributed by atoms with van der Waals surface area (Å²) in [5.41, 5.74) is 0.103. The fourth-order valence-corrected chi connectivity index (χ4v) is 3.22. The molecule has 3 N–H and O–H groups in total. The molecule has 0 aliphatic heterocycles. The van der Waals surface area contributed by atoms with Crippen LogP contribution < -0.4 is 10.4 Å². The number of aromatic nitrogens is 2. The first-order chi connectivity index (χ1) is 10.4. The van der Waals surface area contributed by atoms with Crippen LogP contribution in [0.25, 0.3) is 11.0 Å². The van der Waals surface area contributed by atoms with Crippen LogP contribution in [-0.2, 0) is 10.0 Å². The van der Waals surface area contributed by atoms with E-state index in [2.05, 4.69) is 14.7 Å². The van der Waals surface area contributed by atoms with Gasteiger partial charge in [0.25, 0.3) is 10.0 Å². The van der Waals surface area contributed by atoms with Gasteiger partial charge in [-0.15, -0.1) is 0 Å². The van der Waals surface area contributed by atoms with E-state index in [0.29, 0.717) is 11.0 Å². The number of aromatic amines is 2. The number of rotatable bonds is 3. The molecule has 1 heterocycles. The SMILES string of the molecule is O=c1[nH]c2ccc(S(=O)(=O)Nc3cccc(Cl)c3F)cc2[nH]1. The van der Waals surface area contributed by atoms with Crippen molar-refractivity contribution in [3.05, 3.63) is 57.7 Å². The monoisotopic (exact) mass is 341 g/mol. The highest BCUT2D eigenvalue weighted by Gasteiger charge is 2.18. The maximum atomic E-state index is 13.8. The highest BCUT2D eigenvalue weighted by Crippen LogP contribution is 2.25. The van der Waals surface area contributed by atoms with Crippen LogP contribution in [0.1, 0.15) is 0 Å². The Kier molecular flexibility index (Phi) is 3.42. The maximum Gasteiger partial charge on any atom is 0.323 e. The van der Waals surface area contributed by atoms with E-state index in [1.165, 1.54) is 36.4 Å². The Morgan fingerprint density at radius 1 is 1.09 bits per heavy atom. The third-order valence-electron chi connectivity index (χ3n) is 2.99. The first-order valence-electron chi connectivity index (χ1n) is 6.06. The molecule has 3 rings (SSSR count). The molecule has 0 bridgehead atoms. The van der Waals surface area contributed by atoms with E-state index in [1.807, 2.05) is 0 Å². The van der Waals surface area contributed by atoms with Crippen molar-refractivity contribution in [2.24, 2.45) is 0 Å². The molecule has 0 aliphatic rings. The minimum atomic E-state index is -4.02. The van der Waals surface area contributed by atoms with Gasteiger partial charge in [0.15, 0.2) is 5.82 Å². The second-order valence-corrected chi connectivity index (χ2v) is 6.58. The number of nitrogens with one attached hydrogen (secondary N) is 3. The van der Waals surface area contributed by atoms with E-state index < -0.39 is 21.5 Å². The lowest BCUT2D eigenvalue weighted by Crippen LogP contribution is -2.14. The van der Waals surface area contributed by atoms with Gasteiger partial charge in [0.1, 0.15) is 0 Å². The molecule has 0 amide bonds. The van der Waals surface area contributed by atoms with Crippen molar-refractivity contribution in [3.8, 4) is 0 Å². The lowest BCUT2D eigenvalue weighted by Gasteiger charge is -2.09. The second kappa shape index (κ2) is 5.15. The van der Waals surface area contributed by atoms with E-state index in [4.69, 9.17) is 11.6 Å². The first-order valence-corrected chi connectivity index (χ1v) is 7.92. The number of halogens is 2. The first kappa shape index (κ1) is 14.6. The van der Waals surface area contributed by atoms with E-state index in [1.54, 1.807) is 0 Å². The Labute approximate surface area is 129 Å². The predicted octanol–water partition coefficient (Wildman–Crippen LogP) is 2.45. The van der Waals surface area contributed by atoms with E-state index in [9.17, 15) is 17.6 Å². The van der Waals surface area contributed by atoms with Gasteiger partial charge in [0, 0.05) is 0 Å². The smallest absolute Gasteiger partial charge is 0.306 e. The summed E-state index contributed by atoms with van der Waals surface area (Å²) in [4.78, 5) is 16.0. The molecule has 0 spiro atoms. The molecule has 0 radical (unpaired) electrons. The molecule has 114 valence electrons. The number of fused-ring (bicyclic) bond motifs is 1. The van der Waals surface area contributed by atoms with Crippen molar-refractivity contribution < 1.29 is 12.8 Å². The molecular weight excluding hydrogens is 333 g/mol. The highest BCUT2D eigenvalue weighted by atomic mass is 35.5. The minimum Gasteiger partial charge on any atom is -0.306 e. The largest absolute Gasteiger partial charge is 0.323 e. The molecule has 0 saturated heterocycles. The summed E-state index contributed by atoms with van der Waals surface area (Å²) >= 11 is 5.62. The molecule has 0 unspecified atom stereocenters. The molecule has 0 fully saturated rings. The number of hydrogen-bond acceptors (Lipinski definition) is 3. The van der Waals surface area contributed by atoms with E-state index in [0.717, 1.165) is 0 Å². The Hall–Kier alpha value is -2.32. The van der Waals surface area contributed by atoms with Crippen molar-refractivity contribution in [2.45, 2.75) is 4.90 Å². The van der Waals surface area contributed by atoms with Crippen molar-refractivity contribution in [1.82, 2.24) is 9.97 Å². The number of hydrogen-bond donors (Lipinski definition) is 3. The molecule has 2 aromatic carbocycles. The summed E-state index contributed by atoms with van der Waals surface area (Å²) in [6.07, 6.45) is 0. The number of H-pyrrole nitrogens is 2. The number of benzene rings is 2. The normalized spacial score (nSPS) is 11.7. The van der Waals surface area contributed by atoms with Gasteiger partial charge >= 0.3 is 5.69 Å². The maximum absolute atomic E-state index is 13.8. The van der Waals surface area contributed by atoms with Gasteiger partial charge in [0.2, 0.25) is 0 Å². The van der Waals surface area contributed by atoms with Crippen molar-refractivity contribution in [3.63, 3.8) is 0 Å². The van der Waals surface area contributed by atoms with Crippen LogP contribution in [0.15, 0.2) is 46.1 Å². The highest BCUT2D eigenvalue weighted by molar-refractivity contribution is 7.92. The van der Waals surface area contributed by atoms with Gasteiger partial charge < -0.3 is 9.97 Å². The Morgan fingerprint density at radius 2 is 1.82 bits per heavy atom. The van der Waals surface area contributed by atoms with Crippen LogP contribution >= 0.6 is 11.6 Å². The van der Waals surface area contributed by atoms with Crippen LogP contribution in [0.2, 0.25) is 5.02 Å². The van der Waals surface area contributed by atoms with Gasteiger partial charge in [-0.2, -0.15) is 0 Å². The quantitative estimate of drug-likeness (QED) is 0.683. The van der Waals surface area contributed by atoms with Crippen LogP contribution in [0.4, 0.5) is 10.1 Å². The molecule has 3 aromatic rings. The van der Waals surface area contributed by atoms with Crippen molar-refractivity contribution >= 4 is 38.3 Å². The van der Waals surface area contributed by atoms with E-state index >= 15 is 0 Å². The zero-order valence-corrected chi connectivity index (χ0v) is 12.4. The van der Waals surface area contributed by atoms with Gasteiger partial charge in [-0.05, 0) is 30.3 Å². The molecule has 9 heteroatoms. The minimum absolute atomic E-state index is 0.116. The molecule has 6 nitrogen and oxygen atoms in total. The Balaban J connectivity index is 2.04. The van der Waals surface area contributed by atoms with Crippen LogP contribution in [-0.4, -0.2) is 18.4 Å². The van der Waals surface area contributed by atoms with Gasteiger partial charge in [-0.3, -0.25) is 4.72 Å². The zero-order chi connectivity index (χ0) is 15.9. The molecule has 0 aliphatic carbocycles. The molecule has 1 aromatic heterocycles. The fourth-order valence-electron chi connectivity index (χ4n) is 1.97. The summed E-state index contributed by atoms with van der Waals surface area (Å²) in [6.45, 7) is 0. The molecule has 0 saturated carbocycles. The number of sulfonamides is 1.